The molecule has 1 saturated heterocycles. The van der Waals surface area contributed by atoms with E-state index in [4.69, 9.17) is 5.73 Å². The third kappa shape index (κ3) is 5.10. The number of carbonyl (C=O) groups excluding carboxylic acids is 1. The molecular formula is C19H26Cl2N4O. The van der Waals surface area contributed by atoms with Crippen molar-refractivity contribution in [2.24, 2.45) is 5.73 Å². The number of amides is 1. The van der Waals surface area contributed by atoms with Crippen LogP contribution >= 0.6 is 24.8 Å². The average molecular weight is 397 g/mol. The van der Waals surface area contributed by atoms with Crippen molar-refractivity contribution in [1.29, 1.82) is 0 Å². The van der Waals surface area contributed by atoms with Crippen LogP contribution in [0.4, 0.5) is 5.69 Å². The molecule has 26 heavy (non-hydrogen) atoms. The largest absolute Gasteiger partial charge is 0.378 e. The fraction of sp³-hybridized carbons (Fsp3) is 0.368. The molecule has 0 saturated carbocycles. The quantitative estimate of drug-likeness (QED) is 0.864. The summed E-state index contributed by atoms with van der Waals surface area (Å²) < 4.78 is 0. The zero-order valence-corrected chi connectivity index (χ0v) is 16.7. The molecule has 0 atom stereocenters. The fourth-order valence-electron chi connectivity index (χ4n) is 2.95. The maximum atomic E-state index is 12.7. The van der Waals surface area contributed by atoms with Gasteiger partial charge in [-0.1, -0.05) is 12.1 Å². The highest BCUT2D eigenvalue weighted by molar-refractivity contribution is 5.95. The van der Waals surface area contributed by atoms with E-state index in [2.05, 4.69) is 34.1 Å². The first-order chi connectivity index (χ1) is 11.5. The van der Waals surface area contributed by atoms with Crippen molar-refractivity contribution in [2.45, 2.75) is 18.9 Å². The summed E-state index contributed by atoms with van der Waals surface area (Å²) in [4.78, 5) is 20.9. The van der Waals surface area contributed by atoms with E-state index in [1.54, 1.807) is 12.4 Å². The highest BCUT2D eigenvalue weighted by atomic mass is 35.5. The predicted molar refractivity (Wildman–Crippen MR) is 112 cm³/mol. The van der Waals surface area contributed by atoms with Crippen LogP contribution in [0.25, 0.3) is 11.1 Å². The third-order valence-electron chi connectivity index (χ3n) is 4.53. The molecule has 2 aromatic rings. The Kier molecular flexibility index (Phi) is 8.34. The van der Waals surface area contributed by atoms with Gasteiger partial charge in [0, 0.05) is 56.9 Å². The van der Waals surface area contributed by atoms with Crippen LogP contribution in [0.3, 0.4) is 0 Å². The third-order valence-corrected chi connectivity index (χ3v) is 4.53. The van der Waals surface area contributed by atoms with Gasteiger partial charge in [-0.05, 0) is 36.6 Å². The lowest BCUT2D eigenvalue weighted by molar-refractivity contribution is 0.0714. The van der Waals surface area contributed by atoms with Gasteiger partial charge in [0.1, 0.15) is 0 Å². The number of benzene rings is 1. The van der Waals surface area contributed by atoms with Gasteiger partial charge in [0.05, 0.1) is 5.56 Å². The summed E-state index contributed by atoms with van der Waals surface area (Å²) in [6.45, 7) is 1.45. The van der Waals surface area contributed by atoms with E-state index < -0.39 is 0 Å². The van der Waals surface area contributed by atoms with Crippen LogP contribution in [-0.2, 0) is 0 Å². The summed E-state index contributed by atoms with van der Waals surface area (Å²) in [6.07, 6.45) is 5.18. The second kappa shape index (κ2) is 9.76. The topological polar surface area (TPSA) is 62.5 Å². The Bertz CT molecular complexity index is 714. The molecule has 1 aliphatic heterocycles. The number of hydrogen-bond acceptors (Lipinski definition) is 4. The Labute approximate surface area is 167 Å². The molecule has 1 amide bonds. The Balaban J connectivity index is 0.00000169. The number of carbonyl (C=O) groups is 1. The summed E-state index contributed by atoms with van der Waals surface area (Å²) in [5.41, 5.74) is 9.71. The van der Waals surface area contributed by atoms with Gasteiger partial charge in [0.15, 0.2) is 0 Å². The molecule has 0 spiro atoms. The van der Waals surface area contributed by atoms with Crippen molar-refractivity contribution >= 4 is 36.4 Å². The number of piperidine rings is 1. The maximum Gasteiger partial charge on any atom is 0.255 e. The molecular weight excluding hydrogens is 371 g/mol. The molecule has 1 aliphatic rings. The minimum atomic E-state index is 0. The summed E-state index contributed by atoms with van der Waals surface area (Å²) >= 11 is 0. The van der Waals surface area contributed by atoms with Crippen LogP contribution in [0, 0.1) is 0 Å². The van der Waals surface area contributed by atoms with Crippen molar-refractivity contribution in [3.05, 3.63) is 48.3 Å². The lowest BCUT2D eigenvalue weighted by atomic mass is 10.0. The molecule has 3 rings (SSSR count). The molecule has 5 nitrogen and oxygen atoms in total. The summed E-state index contributed by atoms with van der Waals surface area (Å²) in [5, 5.41) is 0. The van der Waals surface area contributed by atoms with Gasteiger partial charge in [-0.15, -0.1) is 24.8 Å². The Hall–Kier alpha value is -1.82. The van der Waals surface area contributed by atoms with E-state index in [1.165, 1.54) is 0 Å². The SMILES string of the molecule is CN(C)c1ccc(-c2cncc(C(=O)N3CCC(N)CC3)c2)cc1.Cl.Cl. The van der Waals surface area contributed by atoms with E-state index in [-0.39, 0.29) is 36.8 Å². The van der Waals surface area contributed by atoms with E-state index in [0.29, 0.717) is 5.56 Å². The number of anilines is 1. The van der Waals surface area contributed by atoms with Crippen LogP contribution < -0.4 is 10.6 Å². The second-order valence-corrected chi connectivity index (χ2v) is 6.53. The second-order valence-electron chi connectivity index (χ2n) is 6.53. The number of pyridine rings is 1. The first-order valence-electron chi connectivity index (χ1n) is 8.32. The average Bonchev–Trinajstić information content (AvgIpc) is 2.62. The molecule has 2 heterocycles. The van der Waals surface area contributed by atoms with E-state index in [1.807, 2.05) is 25.1 Å². The summed E-state index contributed by atoms with van der Waals surface area (Å²) in [5.74, 6) is 0.0427. The zero-order valence-electron chi connectivity index (χ0n) is 15.1. The van der Waals surface area contributed by atoms with Crippen molar-refractivity contribution in [3.63, 3.8) is 0 Å². The van der Waals surface area contributed by atoms with Gasteiger partial charge >= 0.3 is 0 Å². The maximum absolute atomic E-state index is 12.7. The predicted octanol–water partition coefficient (Wildman–Crippen LogP) is 3.22. The van der Waals surface area contributed by atoms with Gasteiger partial charge in [0.2, 0.25) is 0 Å². The van der Waals surface area contributed by atoms with Gasteiger partial charge in [-0.2, -0.15) is 0 Å². The van der Waals surface area contributed by atoms with Gasteiger partial charge in [0.25, 0.3) is 5.91 Å². The number of halogens is 2. The summed E-state index contributed by atoms with van der Waals surface area (Å²) in [6, 6.07) is 10.4. The molecule has 7 heteroatoms. The Morgan fingerprint density at radius 3 is 2.27 bits per heavy atom. The highest BCUT2D eigenvalue weighted by Gasteiger charge is 2.22. The van der Waals surface area contributed by atoms with Crippen molar-refractivity contribution in [2.75, 3.05) is 32.1 Å². The molecule has 142 valence electrons. The number of likely N-dealkylation sites (tertiary alicyclic amines) is 1. The molecule has 0 radical (unpaired) electrons. The minimum absolute atomic E-state index is 0. The molecule has 1 aromatic carbocycles. The highest BCUT2D eigenvalue weighted by Crippen LogP contribution is 2.23. The first kappa shape index (κ1) is 22.2. The van der Waals surface area contributed by atoms with E-state index >= 15 is 0 Å². The van der Waals surface area contributed by atoms with Crippen LogP contribution in [-0.4, -0.2) is 49.0 Å². The monoisotopic (exact) mass is 396 g/mol. The molecule has 0 bridgehead atoms. The first-order valence-corrected chi connectivity index (χ1v) is 8.32. The standard InChI is InChI=1S/C19H24N4O.2ClH/c1-22(2)18-5-3-14(4-6-18)15-11-16(13-21-12-15)19(24)23-9-7-17(20)8-10-23;;/h3-6,11-13,17H,7-10,20H2,1-2H3;2*1H. The minimum Gasteiger partial charge on any atom is -0.378 e. The van der Waals surface area contributed by atoms with Crippen LogP contribution in [0.2, 0.25) is 0 Å². The normalized spacial score (nSPS) is 14.2. The van der Waals surface area contributed by atoms with Crippen LogP contribution in [0.5, 0.6) is 0 Å². The number of nitrogens with zero attached hydrogens (tertiary/aromatic N) is 3. The van der Waals surface area contributed by atoms with Gasteiger partial charge in [-0.25, -0.2) is 0 Å². The molecule has 1 aromatic heterocycles. The molecule has 0 unspecified atom stereocenters. The molecule has 2 N–H and O–H groups in total. The molecule has 1 fully saturated rings. The Morgan fingerprint density at radius 2 is 1.69 bits per heavy atom. The van der Waals surface area contributed by atoms with Gasteiger partial charge < -0.3 is 15.5 Å². The fourth-order valence-corrected chi connectivity index (χ4v) is 2.95. The lowest BCUT2D eigenvalue weighted by Crippen LogP contribution is -2.42. The number of hydrogen-bond donors (Lipinski definition) is 1. The number of aromatic nitrogens is 1. The smallest absolute Gasteiger partial charge is 0.255 e. The van der Waals surface area contributed by atoms with Crippen molar-refractivity contribution < 1.29 is 4.79 Å². The van der Waals surface area contributed by atoms with E-state index in [0.717, 1.165) is 42.7 Å². The van der Waals surface area contributed by atoms with Gasteiger partial charge in [-0.3, -0.25) is 9.78 Å². The van der Waals surface area contributed by atoms with Crippen LogP contribution in [0.15, 0.2) is 42.7 Å². The van der Waals surface area contributed by atoms with Crippen molar-refractivity contribution in [1.82, 2.24) is 9.88 Å². The lowest BCUT2D eigenvalue weighted by Gasteiger charge is -2.30. The van der Waals surface area contributed by atoms with E-state index in [9.17, 15) is 4.79 Å². The van der Waals surface area contributed by atoms with Crippen LogP contribution in [0.1, 0.15) is 23.2 Å². The van der Waals surface area contributed by atoms with Crippen molar-refractivity contribution in [3.8, 4) is 11.1 Å². The zero-order chi connectivity index (χ0) is 17.1. The molecule has 0 aliphatic carbocycles. The number of nitrogens with two attached hydrogens (primary N) is 1. The summed E-state index contributed by atoms with van der Waals surface area (Å²) in [7, 11) is 4.03. The Morgan fingerprint density at radius 1 is 1.08 bits per heavy atom. The number of rotatable bonds is 3.